The highest BCUT2D eigenvalue weighted by molar-refractivity contribution is 5.96. The Bertz CT molecular complexity index is 661. The van der Waals surface area contributed by atoms with Crippen LogP contribution >= 0.6 is 0 Å². The zero-order chi connectivity index (χ0) is 15.0. The van der Waals surface area contributed by atoms with Crippen molar-refractivity contribution in [1.29, 1.82) is 0 Å². The Labute approximate surface area is 123 Å². The van der Waals surface area contributed by atoms with Crippen LogP contribution in [-0.2, 0) is 0 Å². The molecule has 1 fully saturated rings. The van der Waals surface area contributed by atoms with E-state index >= 15 is 0 Å². The Morgan fingerprint density at radius 1 is 1.19 bits per heavy atom. The van der Waals surface area contributed by atoms with Crippen LogP contribution in [0.15, 0.2) is 22.7 Å². The molecule has 1 N–H and O–H groups in total. The molecule has 0 saturated heterocycles. The predicted molar refractivity (Wildman–Crippen MR) is 79.6 cm³/mol. The van der Waals surface area contributed by atoms with E-state index in [0.717, 1.165) is 42.4 Å². The first-order valence-electron chi connectivity index (χ1n) is 7.38. The molecule has 1 saturated carbocycles. The normalized spacial score (nSPS) is 15.5. The minimum atomic E-state index is -0.952. The topological polar surface area (TPSA) is 63.3 Å². The summed E-state index contributed by atoms with van der Waals surface area (Å²) in [6.45, 7) is 3.99. The van der Waals surface area contributed by atoms with Gasteiger partial charge in [0.25, 0.3) is 0 Å². The van der Waals surface area contributed by atoms with E-state index in [1.165, 1.54) is 0 Å². The maximum atomic E-state index is 11.7. The van der Waals surface area contributed by atoms with Gasteiger partial charge in [0, 0.05) is 11.5 Å². The van der Waals surface area contributed by atoms with E-state index in [2.05, 4.69) is 11.2 Å². The van der Waals surface area contributed by atoms with E-state index in [9.17, 15) is 9.90 Å². The Morgan fingerprint density at radius 3 is 2.38 bits per heavy atom. The fraction of sp³-hybridized carbons (Fsp3) is 0.412. The van der Waals surface area contributed by atoms with E-state index in [1.54, 1.807) is 0 Å². The van der Waals surface area contributed by atoms with Crippen molar-refractivity contribution in [1.82, 2.24) is 5.16 Å². The summed E-state index contributed by atoms with van der Waals surface area (Å²) in [5, 5.41) is 13.7. The molecule has 0 aliphatic heterocycles. The number of aryl methyl sites for hydroxylation is 2. The number of hydrogen-bond acceptors (Lipinski definition) is 3. The Morgan fingerprint density at radius 2 is 1.81 bits per heavy atom. The molecule has 4 nitrogen and oxygen atoms in total. The van der Waals surface area contributed by atoms with Crippen molar-refractivity contribution in [3.8, 4) is 11.3 Å². The minimum Gasteiger partial charge on any atom is -0.477 e. The third-order valence-corrected chi connectivity index (χ3v) is 4.15. The van der Waals surface area contributed by atoms with Crippen LogP contribution in [0.3, 0.4) is 0 Å². The number of nitrogens with zero attached hydrogens (tertiary/aromatic N) is 1. The molecule has 0 amide bonds. The summed E-state index contributed by atoms with van der Waals surface area (Å²) in [7, 11) is 0. The summed E-state index contributed by atoms with van der Waals surface area (Å²) in [6.07, 6.45) is 4.23. The largest absolute Gasteiger partial charge is 0.477 e. The molecule has 21 heavy (non-hydrogen) atoms. The first kappa shape index (κ1) is 13.9. The van der Waals surface area contributed by atoms with Crippen LogP contribution in [-0.4, -0.2) is 16.2 Å². The van der Waals surface area contributed by atoms with E-state index in [4.69, 9.17) is 4.52 Å². The molecule has 110 valence electrons. The Hall–Kier alpha value is -2.10. The minimum absolute atomic E-state index is 0.197. The zero-order valence-corrected chi connectivity index (χ0v) is 12.3. The number of aromatic carboxylic acids is 1. The monoisotopic (exact) mass is 285 g/mol. The summed E-state index contributed by atoms with van der Waals surface area (Å²) in [5.41, 5.74) is 3.69. The van der Waals surface area contributed by atoms with Crippen molar-refractivity contribution in [2.45, 2.75) is 45.4 Å². The van der Waals surface area contributed by atoms with Gasteiger partial charge in [0.2, 0.25) is 0 Å². The lowest BCUT2D eigenvalue weighted by molar-refractivity contribution is 0.0694. The summed E-state index contributed by atoms with van der Waals surface area (Å²) in [5.74, 6) is -0.204. The van der Waals surface area contributed by atoms with Gasteiger partial charge in [0.1, 0.15) is 11.3 Å². The van der Waals surface area contributed by atoms with Gasteiger partial charge in [0.15, 0.2) is 5.76 Å². The van der Waals surface area contributed by atoms with Crippen LogP contribution in [0.2, 0.25) is 0 Å². The lowest BCUT2D eigenvalue weighted by Gasteiger charge is -2.06. The van der Waals surface area contributed by atoms with Crippen LogP contribution in [0.4, 0.5) is 0 Å². The van der Waals surface area contributed by atoms with Gasteiger partial charge >= 0.3 is 5.97 Å². The molecule has 0 radical (unpaired) electrons. The number of aromatic nitrogens is 1. The number of carboxylic acid groups (broad SMARTS) is 1. The molecule has 0 unspecified atom stereocenters. The van der Waals surface area contributed by atoms with E-state index < -0.39 is 5.97 Å². The number of hydrogen-bond donors (Lipinski definition) is 1. The molecule has 0 atom stereocenters. The number of carboxylic acids is 1. The zero-order valence-electron chi connectivity index (χ0n) is 12.3. The van der Waals surface area contributed by atoms with Crippen LogP contribution in [0, 0.1) is 13.8 Å². The average Bonchev–Trinajstić information content (AvgIpc) is 3.06. The standard InChI is InChI=1S/C17H19NO3/c1-10-7-11(2)9-13(8-10)15-14(17(19)20)16(21-18-15)12-5-3-4-6-12/h7-9,12H,3-6H2,1-2H3,(H,19,20). The summed E-state index contributed by atoms with van der Waals surface area (Å²) < 4.78 is 5.44. The maximum Gasteiger partial charge on any atom is 0.341 e. The van der Waals surface area contributed by atoms with Gasteiger partial charge in [0.05, 0.1) is 0 Å². The van der Waals surface area contributed by atoms with Crippen LogP contribution in [0.25, 0.3) is 11.3 Å². The number of carbonyl (C=O) groups is 1. The van der Waals surface area contributed by atoms with E-state index in [0.29, 0.717) is 11.5 Å². The fourth-order valence-electron chi connectivity index (χ4n) is 3.28. The first-order chi connectivity index (χ1) is 10.1. The van der Waals surface area contributed by atoms with Gasteiger partial charge in [-0.3, -0.25) is 0 Å². The molecule has 0 spiro atoms. The average molecular weight is 285 g/mol. The molecule has 1 aliphatic rings. The Balaban J connectivity index is 2.12. The second-order valence-electron chi connectivity index (χ2n) is 5.93. The van der Waals surface area contributed by atoms with Crippen molar-refractivity contribution >= 4 is 5.97 Å². The van der Waals surface area contributed by atoms with Gasteiger partial charge in [-0.25, -0.2) is 4.79 Å². The van der Waals surface area contributed by atoms with Crippen LogP contribution in [0.1, 0.15) is 58.8 Å². The lowest BCUT2D eigenvalue weighted by atomic mass is 9.96. The first-order valence-corrected chi connectivity index (χ1v) is 7.38. The summed E-state index contributed by atoms with van der Waals surface area (Å²) >= 11 is 0. The highest BCUT2D eigenvalue weighted by Crippen LogP contribution is 2.39. The predicted octanol–water partition coefficient (Wildman–Crippen LogP) is 4.31. The van der Waals surface area contributed by atoms with Crippen molar-refractivity contribution < 1.29 is 14.4 Å². The molecule has 1 aliphatic carbocycles. The van der Waals surface area contributed by atoms with Gasteiger partial charge in [-0.05, 0) is 38.8 Å². The molecule has 1 aromatic carbocycles. The van der Waals surface area contributed by atoms with Crippen molar-refractivity contribution in [3.63, 3.8) is 0 Å². The molecule has 4 heteroatoms. The smallest absolute Gasteiger partial charge is 0.341 e. The van der Waals surface area contributed by atoms with Crippen molar-refractivity contribution in [2.24, 2.45) is 0 Å². The van der Waals surface area contributed by atoms with Gasteiger partial charge in [-0.2, -0.15) is 0 Å². The summed E-state index contributed by atoms with van der Waals surface area (Å²) in [4.78, 5) is 11.7. The lowest BCUT2D eigenvalue weighted by Crippen LogP contribution is -2.04. The Kier molecular flexibility index (Phi) is 3.53. The van der Waals surface area contributed by atoms with Gasteiger partial charge in [-0.15, -0.1) is 0 Å². The molecule has 1 heterocycles. The third-order valence-electron chi connectivity index (χ3n) is 4.15. The van der Waals surface area contributed by atoms with Crippen molar-refractivity contribution in [3.05, 3.63) is 40.6 Å². The van der Waals surface area contributed by atoms with Crippen LogP contribution in [0.5, 0.6) is 0 Å². The SMILES string of the molecule is Cc1cc(C)cc(-c2noc(C3CCCC3)c2C(=O)O)c1. The highest BCUT2D eigenvalue weighted by atomic mass is 16.5. The number of rotatable bonds is 3. The molecule has 1 aromatic heterocycles. The summed E-state index contributed by atoms with van der Waals surface area (Å²) in [6, 6.07) is 5.97. The van der Waals surface area contributed by atoms with Gasteiger partial charge in [-0.1, -0.05) is 35.2 Å². The van der Waals surface area contributed by atoms with E-state index in [-0.39, 0.29) is 11.5 Å². The van der Waals surface area contributed by atoms with Crippen molar-refractivity contribution in [2.75, 3.05) is 0 Å². The molecule has 2 aromatic rings. The van der Waals surface area contributed by atoms with E-state index in [1.807, 2.05) is 26.0 Å². The molecule has 3 rings (SSSR count). The second-order valence-corrected chi connectivity index (χ2v) is 5.93. The highest BCUT2D eigenvalue weighted by Gasteiger charge is 2.30. The maximum absolute atomic E-state index is 11.7. The van der Waals surface area contributed by atoms with Crippen LogP contribution < -0.4 is 0 Å². The quantitative estimate of drug-likeness (QED) is 0.912. The third kappa shape index (κ3) is 2.58. The number of benzene rings is 1. The molecular weight excluding hydrogens is 266 g/mol. The molecule has 0 bridgehead atoms. The fourth-order valence-corrected chi connectivity index (χ4v) is 3.28. The van der Waals surface area contributed by atoms with Gasteiger partial charge < -0.3 is 9.63 Å². The molecular formula is C17H19NO3. The second kappa shape index (κ2) is 5.35.